The Morgan fingerprint density at radius 2 is 2.00 bits per heavy atom. The van der Waals surface area contributed by atoms with Gasteiger partial charge < -0.3 is 10.2 Å². The lowest BCUT2D eigenvalue weighted by Crippen LogP contribution is -2.70. The van der Waals surface area contributed by atoms with Crippen molar-refractivity contribution in [3.8, 4) is 0 Å². The molecule has 1 aliphatic carbocycles. The Labute approximate surface area is 120 Å². The number of hydrogen-bond acceptors (Lipinski definition) is 3. The normalized spacial score (nSPS) is 30.5. The van der Waals surface area contributed by atoms with Crippen LogP contribution in [0.1, 0.15) is 33.1 Å². The van der Waals surface area contributed by atoms with Crippen molar-refractivity contribution in [3.05, 3.63) is 0 Å². The fourth-order valence-corrected chi connectivity index (χ4v) is 2.60. The third kappa shape index (κ3) is 3.30. The smallest absolute Gasteiger partial charge is 0.342 e. The molecule has 2 unspecified atom stereocenters. The van der Waals surface area contributed by atoms with E-state index in [0.717, 1.165) is 12.8 Å². The van der Waals surface area contributed by atoms with E-state index in [0.29, 0.717) is 6.42 Å². The first kappa shape index (κ1) is 16.1. The predicted octanol–water partition coefficient (Wildman–Crippen LogP) is 1.43. The predicted molar refractivity (Wildman–Crippen MR) is 67.1 cm³/mol. The number of amides is 2. The molecule has 0 aromatic carbocycles. The molecule has 1 heterocycles. The Morgan fingerprint density at radius 1 is 1.38 bits per heavy atom. The second-order valence-corrected chi connectivity index (χ2v) is 5.70. The molecule has 2 fully saturated rings. The van der Waals surface area contributed by atoms with Gasteiger partial charge in [0.25, 0.3) is 0 Å². The SMILES string of the molecule is CCC1(C)C(=O)NC(C2CC2)C(=O)N1CCOC(F)(F)F. The first-order valence-electron chi connectivity index (χ1n) is 7.02. The summed E-state index contributed by atoms with van der Waals surface area (Å²) in [5.41, 5.74) is -1.13. The highest BCUT2D eigenvalue weighted by atomic mass is 19.4. The van der Waals surface area contributed by atoms with Crippen LogP contribution in [0.15, 0.2) is 0 Å². The van der Waals surface area contributed by atoms with Crippen LogP contribution in [-0.2, 0) is 14.3 Å². The highest BCUT2D eigenvalue weighted by Crippen LogP contribution is 2.37. The van der Waals surface area contributed by atoms with Crippen molar-refractivity contribution in [2.24, 2.45) is 5.92 Å². The summed E-state index contributed by atoms with van der Waals surface area (Å²) >= 11 is 0. The molecule has 120 valence electrons. The molecule has 21 heavy (non-hydrogen) atoms. The third-order valence-corrected chi connectivity index (χ3v) is 4.27. The maximum atomic E-state index is 12.5. The Kier molecular flexibility index (Phi) is 4.19. The minimum absolute atomic E-state index is 0.105. The summed E-state index contributed by atoms with van der Waals surface area (Å²) in [7, 11) is 0. The number of alkyl halides is 3. The molecule has 2 rings (SSSR count). The lowest BCUT2D eigenvalue weighted by Gasteiger charge is -2.46. The van der Waals surface area contributed by atoms with Crippen molar-refractivity contribution in [3.63, 3.8) is 0 Å². The van der Waals surface area contributed by atoms with E-state index >= 15 is 0 Å². The highest BCUT2D eigenvalue weighted by molar-refractivity contribution is 5.99. The number of piperazine rings is 1. The van der Waals surface area contributed by atoms with Crippen LogP contribution in [0.5, 0.6) is 0 Å². The standard InChI is InChI=1S/C13H19F3N2O3/c1-3-12(2)11(20)17-9(8-4-5-8)10(19)18(12)6-7-21-13(14,15)16/h8-9H,3-7H2,1-2H3,(H,17,20). The first-order chi connectivity index (χ1) is 9.69. The number of carbonyl (C=O) groups is 2. The van der Waals surface area contributed by atoms with Crippen LogP contribution in [0.3, 0.4) is 0 Å². The summed E-state index contributed by atoms with van der Waals surface area (Å²) in [5.74, 6) is -0.519. The molecule has 2 atom stereocenters. The van der Waals surface area contributed by atoms with Crippen molar-refractivity contribution in [1.29, 1.82) is 0 Å². The number of hydrogen-bond donors (Lipinski definition) is 1. The van der Waals surface area contributed by atoms with Crippen LogP contribution in [0, 0.1) is 5.92 Å². The Hall–Kier alpha value is -1.31. The molecule has 1 saturated heterocycles. The van der Waals surface area contributed by atoms with E-state index in [2.05, 4.69) is 10.1 Å². The zero-order valence-electron chi connectivity index (χ0n) is 12.0. The van der Waals surface area contributed by atoms with Crippen LogP contribution in [-0.4, -0.2) is 47.8 Å². The molecule has 1 saturated carbocycles. The third-order valence-electron chi connectivity index (χ3n) is 4.27. The van der Waals surface area contributed by atoms with Gasteiger partial charge >= 0.3 is 6.36 Å². The van der Waals surface area contributed by atoms with E-state index in [1.807, 2.05) is 0 Å². The molecule has 0 aromatic rings. The van der Waals surface area contributed by atoms with Crippen LogP contribution in [0.2, 0.25) is 0 Å². The van der Waals surface area contributed by atoms with Crippen molar-refractivity contribution in [1.82, 2.24) is 10.2 Å². The Morgan fingerprint density at radius 3 is 2.48 bits per heavy atom. The number of halogens is 3. The summed E-state index contributed by atoms with van der Waals surface area (Å²) in [6.07, 6.45) is -2.70. The zero-order chi connectivity index (χ0) is 15.8. The van der Waals surface area contributed by atoms with Gasteiger partial charge in [-0.05, 0) is 32.1 Å². The molecule has 2 amide bonds. The minimum Gasteiger partial charge on any atom is -0.342 e. The van der Waals surface area contributed by atoms with E-state index in [1.54, 1.807) is 13.8 Å². The molecule has 8 heteroatoms. The van der Waals surface area contributed by atoms with Crippen LogP contribution in [0.25, 0.3) is 0 Å². The van der Waals surface area contributed by atoms with E-state index in [4.69, 9.17) is 0 Å². The van der Waals surface area contributed by atoms with Crippen LogP contribution >= 0.6 is 0 Å². The van der Waals surface area contributed by atoms with Crippen molar-refractivity contribution >= 4 is 11.8 Å². The van der Waals surface area contributed by atoms with E-state index in [9.17, 15) is 22.8 Å². The Balaban J connectivity index is 2.10. The van der Waals surface area contributed by atoms with Gasteiger partial charge in [0.1, 0.15) is 11.6 Å². The van der Waals surface area contributed by atoms with Crippen LogP contribution in [0.4, 0.5) is 13.2 Å². The average Bonchev–Trinajstić information content (AvgIpc) is 3.21. The van der Waals surface area contributed by atoms with E-state index < -0.39 is 24.6 Å². The summed E-state index contributed by atoms with van der Waals surface area (Å²) in [5, 5.41) is 2.71. The highest BCUT2D eigenvalue weighted by Gasteiger charge is 2.52. The number of ether oxygens (including phenoxy) is 1. The molecule has 0 aromatic heterocycles. The topological polar surface area (TPSA) is 58.6 Å². The number of carbonyl (C=O) groups excluding carboxylic acids is 2. The maximum absolute atomic E-state index is 12.5. The van der Waals surface area contributed by atoms with Crippen molar-refractivity contribution < 1.29 is 27.5 Å². The fraction of sp³-hybridized carbons (Fsp3) is 0.846. The van der Waals surface area contributed by atoms with E-state index in [1.165, 1.54) is 4.90 Å². The van der Waals surface area contributed by atoms with Gasteiger partial charge in [-0.1, -0.05) is 6.92 Å². The van der Waals surface area contributed by atoms with Gasteiger partial charge in [0.05, 0.1) is 6.61 Å². The molecular formula is C13H19F3N2O3. The van der Waals surface area contributed by atoms with Gasteiger partial charge in [-0.2, -0.15) is 0 Å². The fourth-order valence-electron chi connectivity index (χ4n) is 2.60. The largest absolute Gasteiger partial charge is 0.522 e. The lowest BCUT2D eigenvalue weighted by atomic mass is 9.89. The van der Waals surface area contributed by atoms with Gasteiger partial charge in [-0.3, -0.25) is 14.3 Å². The molecule has 5 nitrogen and oxygen atoms in total. The van der Waals surface area contributed by atoms with Gasteiger partial charge in [0.2, 0.25) is 11.8 Å². The monoisotopic (exact) mass is 308 g/mol. The van der Waals surface area contributed by atoms with Gasteiger partial charge in [0, 0.05) is 6.54 Å². The summed E-state index contributed by atoms with van der Waals surface area (Å²) in [4.78, 5) is 25.9. The van der Waals surface area contributed by atoms with Gasteiger partial charge in [0.15, 0.2) is 0 Å². The van der Waals surface area contributed by atoms with Crippen molar-refractivity contribution in [2.45, 2.75) is 51.1 Å². The van der Waals surface area contributed by atoms with Gasteiger partial charge in [-0.25, -0.2) is 0 Å². The minimum atomic E-state index is -4.74. The van der Waals surface area contributed by atoms with Crippen molar-refractivity contribution in [2.75, 3.05) is 13.2 Å². The van der Waals surface area contributed by atoms with Gasteiger partial charge in [-0.15, -0.1) is 13.2 Å². The summed E-state index contributed by atoms with van der Waals surface area (Å²) in [6, 6.07) is -0.608. The Bertz CT molecular complexity index is 437. The van der Waals surface area contributed by atoms with E-state index in [-0.39, 0.29) is 24.3 Å². The maximum Gasteiger partial charge on any atom is 0.522 e. The first-order valence-corrected chi connectivity index (χ1v) is 7.02. The van der Waals surface area contributed by atoms with Crippen LogP contribution < -0.4 is 5.32 Å². The second kappa shape index (κ2) is 5.47. The molecule has 1 N–H and O–H groups in total. The summed E-state index contributed by atoms with van der Waals surface area (Å²) < 4.78 is 39.9. The average molecular weight is 308 g/mol. The summed E-state index contributed by atoms with van der Waals surface area (Å²) in [6.45, 7) is 2.37. The lowest BCUT2D eigenvalue weighted by molar-refractivity contribution is -0.325. The second-order valence-electron chi connectivity index (χ2n) is 5.70. The quantitative estimate of drug-likeness (QED) is 0.836. The number of rotatable bonds is 5. The molecule has 0 radical (unpaired) electrons. The molecule has 1 aliphatic heterocycles. The number of nitrogens with one attached hydrogen (secondary N) is 1. The molecular weight excluding hydrogens is 289 g/mol. The molecule has 2 aliphatic rings. The number of nitrogens with zero attached hydrogens (tertiary/aromatic N) is 1. The molecule has 0 spiro atoms. The molecule has 0 bridgehead atoms. The zero-order valence-corrected chi connectivity index (χ0v) is 12.0.